The first kappa shape index (κ1) is 17.4. The zero-order valence-corrected chi connectivity index (χ0v) is 15.2. The number of ether oxygens (including phenoxy) is 1. The van der Waals surface area contributed by atoms with E-state index in [0.717, 1.165) is 11.3 Å². The molecule has 1 aromatic heterocycles. The van der Waals surface area contributed by atoms with Crippen molar-refractivity contribution in [2.75, 3.05) is 25.6 Å². The van der Waals surface area contributed by atoms with Gasteiger partial charge in [0.1, 0.15) is 11.8 Å². The lowest BCUT2D eigenvalue weighted by atomic mass is 9.98. The number of benzene rings is 1. The van der Waals surface area contributed by atoms with E-state index in [0.29, 0.717) is 12.3 Å². The molecule has 1 aliphatic heterocycles. The summed E-state index contributed by atoms with van der Waals surface area (Å²) < 4.78 is 6.04. The summed E-state index contributed by atoms with van der Waals surface area (Å²) in [5.74, 6) is -0.0482. The summed E-state index contributed by atoms with van der Waals surface area (Å²) in [6, 6.07) is 13.8. The summed E-state index contributed by atoms with van der Waals surface area (Å²) in [6.07, 6.45) is 1.56. The van der Waals surface area contributed by atoms with Gasteiger partial charge in [-0.25, -0.2) is 0 Å². The van der Waals surface area contributed by atoms with Gasteiger partial charge in [0.2, 0.25) is 0 Å². The van der Waals surface area contributed by atoms with Crippen LogP contribution in [0.4, 0.5) is 5.69 Å². The minimum Gasteiger partial charge on any atom is -0.378 e. The number of anilines is 1. The van der Waals surface area contributed by atoms with E-state index in [1.165, 1.54) is 0 Å². The molecule has 5 heteroatoms. The number of pyridine rings is 1. The van der Waals surface area contributed by atoms with Crippen LogP contribution >= 0.6 is 0 Å². The van der Waals surface area contributed by atoms with Crippen molar-refractivity contribution in [2.45, 2.75) is 32.0 Å². The highest BCUT2D eigenvalue weighted by Gasteiger charge is 2.37. The van der Waals surface area contributed by atoms with Crippen LogP contribution in [-0.4, -0.2) is 48.6 Å². The third-order valence-electron chi connectivity index (χ3n) is 4.71. The van der Waals surface area contributed by atoms with Crippen LogP contribution in [-0.2, 0) is 4.74 Å². The second-order valence-electron chi connectivity index (χ2n) is 6.76. The molecule has 0 aliphatic carbocycles. The van der Waals surface area contributed by atoms with E-state index in [9.17, 15) is 4.79 Å². The maximum absolute atomic E-state index is 13.2. The van der Waals surface area contributed by atoms with Crippen LogP contribution in [0.25, 0.3) is 0 Å². The molecule has 2 aromatic rings. The highest BCUT2D eigenvalue weighted by Crippen LogP contribution is 2.31. The molecule has 3 atom stereocenters. The number of hydrogen-bond donors (Lipinski definition) is 0. The number of morpholine rings is 1. The molecular formula is C20H25N3O2. The van der Waals surface area contributed by atoms with Crippen LogP contribution in [0.1, 0.15) is 36.0 Å². The van der Waals surface area contributed by atoms with Crippen LogP contribution in [0.2, 0.25) is 0 Å². The highest BCUT2D eigenvalue weighted by molar-refractivity contribution is 5.93. The predicted octanol–water partition coefficient (Wildman–Crippen LogP) is 3.14. The zero-order chi connectivity index (χ0) is 18.0. The summed E-state index contributed by atoms with van der Waals surface area (Å²) >= 11 is 0. The summed E-state index contributed by atoms with van der Waals surface area (Å²) in [5.41, 5.74) is 2.53. The number of aromatic nitrogens is 1. The Morgan fingerprint density at radius 1 is 1.20 bits per heavy atom. The van der Waals surface area contributed by atoms with Gasteiger partial charge >= 0.3 is 0 Å². The van der Waals surface area contributed by atoms with Gasteiger partial charge in [0.25, 0.3) is 5.91 Å². The molecule has 1 aromatic carbocycles. The molecule has 1 amide bonds. The van der Waals surface area contributed by atoms with Crippen molar-refractivity contribution in [3.05, 3.63) is 59.9 Å². The zero-order valence-electron chi connectivity index (χ0n) is 15.2. The Kier molecular flexibility index (Phi) is 5.04. The summed E-state index contributed by atoms with van der Waals surface area (Å²) in [4.78, 5) is 21.3. The predicted molar refractivity (Wildman–Crippen MR) is 98.8 cm³/mol. The van der Waals surface area contributed by atoms with E-state index in [1.807, 2.05) is 80.2 Å². The SMILES string of the molecule is C[C@@H]1[C@H](c2ccccc2)OC[C@H](C)N1C(=O)c1cc(N(C)C)ccn1. The molecule has 1 aliphatic rings. The lowest BCUT2D eigenvalue weighted by molar-refractivity contribution is -0.0807. The average Bonchev–Trinajstić information content (AvgIpc) is 2.62. The van der Waals surface area contributed by atoms with Gasteiger partial charge in [-0.2, -0.15) is 0 Å². The number of nitrogens with zero attached hydrogens (tertiary/aromatic N) is 3. The van der Waals surface area contributed by atoms with E-state index in [1.54, 1.807) is 6.20 Å². The molecule has 0 N–H and O–H groups in total. The van der Waals surface area contributed by atoms with Crippen molar-refractivity contribution in [3.63, 3.8) is 0 Å². The first-order valence-electron chi connectivity index (χ1n) is 8.61. The Labute approximate surface area is 149 Å². The van der Waals surface area contributed by atoms with Gasteiger partial charge in [0.05, 0.1) is 18.7 Å². The second-order valence-corrected chi connectivity index (χ2v) is 6.76. The van der Waals surface area contributed by atoms with Crippen molar-refractivity contribution in [2.24, 2.45) is 0 Å². The molecule has 0 unspecified atom stereocenters. The molecule has 2 heterocycles. The smallest absolute Gasteiger partial charge is 0.273 e. The lowest BCUT2D eigenvalue weighted by Crippen LogP contribution is -2.53. The van der Waals surface area contributed by atoms with Gasteiger partial charge in [0, 0.05) is 26.0 Å². The van der Waals surface area contributed by atoms with Crippen molar-refractivity contribution in [1.82, 2.24) is 9.88 Å². The number of rotatable bonds is 3. The number of carbonyl (C=O) groups is 1. The van der Waals surface area contributed by atoms with Gasteiger partial charge in [-0.15, -0.1) is 0 Å². The first-order valence-corrected chi connectivity index (χ1v) is 8.61. The Hall–Kier alpha value is -2.40. The maximum Gasteiger partial charge on any atom is 0.273 e. The molecule has 5 nitrogen and oxygen atoms in total. The lowest BCUT2D eigenvalue weighted by Gasteiger charge is -2.43. The van der Waals surface area contributed by atoms with Crippen molar-refractivity contribution >= 4 is 11.6 Å². The highest BCUT2D eigenvalue weighted by atomic mass is 16.5. The van der Waals surface area contributed by atoms with Gasteiger partial charge in [-0.1, -0.05) is 30.3 Å². The van der Waals surface area contributed by atoms with Gasteiger partial charge in [-0.05, 0) is 31.5 Å². The fourth-order valence-electron chi connectivity index (χ4n) is 3.36. The van der Waals surface area contributed by atoms with E-state index in [2.05, 4.69) is 4.98 Å². The molecule has 0 bridgehead atoms. The monoisotopic (exact) mass is 339 g/mol. The topological polar surface area (TPSA) is 45.7 Å². The minimum absolute atomic E-state index is 0.00674. The maximum atomic E-state index is 13.2. The Bertz CT molecular complexity index is 733. The van der Waals surface area contributed by atoms with Gasteiger partial charge < -0.3 is 14.5 Å². The fraction of sp³-hybridized carbons (Fsp3) is 0.400. The number of amides is 1. The molecule has 0 spiro atoms. The number of carbonyl (C=O) groups excluding carboxylic acids is 1. The summed E-state index contributed by atoms with van der Waals surface area (Å²) in [6.45, 7) is 4.58. The first-order chi connectivity index (χ1) is 12.0. The number of hydrogen-bond acceptors (Lipinski definition) is 4. The van der Waals surface area contributed by atoms with Crippen molar-refractivity contribution in [3.8, 4) is 0 Å². The van der Waals surface area contributed by atoms with Gasteiger partial charge in [0.15, 0.2) is 0 Å². The van der Waals surface area contributed by atoms with Crippen LogP contribution in [0, 0.1) is 0 Å². The molecular weight excluding hydrogens is 314 g/mol. The molecule has 0 radical (unpaired) electrons. The molecule has 132 valence electrons. The largest absolute Gasteiger partial charge is 0.378 e. The van der Waals surface area contributed by atoms with Gasteiger partial charge in [-0.3, -0.25) is 9.78 Å². The van der Waals surface area contributed by atoms with Crippen LogP contribution in [0.5, 0.6) is 0 Å². The van der Waals surface area contributed by atoms with Crippen molar-refractivity contribution < 1.29 is 9.53 Å². The third-order valence-corrected chi connectivity index (χ3v) is 4.71. The minimum atomic E-state index is -0.126. The van der Waals surface area contributed by atoms with Crippen LogP contribution in [0.3, 0.4) is 0 Å². The van der Waals surface area contributed by atoms with E-state index >= 15 is 0 Å². The van der Waals surface area contributed by atoms with E-state index in [4.69, 9.17) is 4.74 Å². The quantitative estimate of drug-likeness (QED) is 0.862. The molecule has 25 heavy (non-hydrogen) atoms. The summed E-state index contributed by atoms with van der Waals surface area (Å²) in [5, 5.41) is 0. The average molecular weight is 339 g/mol. The standard InChI is InChI=1S/C20H25N3O2/c1-14-13-25-19(16-8-6-5-7-9-16)15(2)23(14)20(24)18-12-17(22(3)4)10-11-21-18/h5-12,14-15,19H,13H2,1-4H3/t14-,15+,19+/m0/s1. The Morgan fingerprint density at radius 3 is 2.60 bits per heavy atom. The molecule has 0 saturated carbocycles. The summed E-state index contributed by atoms with van der Waals surface area (Å²) in [7, 11) is 3.91. The molecule has 1 saturated heterocycles. The second kappa shape index (κ2) is 7.23. The fourth-order valence-corrected chi connectivity index (χ4v) is 3.36. The normalized spacial score (nSPS) is 23.4. The van der Waals surface area contributed by atoms with E-state index < -0.39 is 0 Å². The Morgan fingerprint density at radius 2 is 1.92 bits per heavy atom. The third kappa shape index (κ3) is 3.51. The molecule has 1 fully saturated rings. The van der Waals surface area contributed by atoms with E-state index in [-0.39, 0.29) is 24.1 Å². The van der Waals surface area contributed by atoms with Crippen molar-refractivity contribution in [1.29, 1.82) is 0 Å². The van der Waals surface area contributed by atoms with Crippen LogP contribution < -0.4 is 4.90 Å². The van der Waals surface area contributed by atoms with Crippen LogP contribution in [0.15, 0.2) is 48.7 Å². The molecule has 3 rings (SSSR count). The Balaban J connectivity index is 1.88.